The van der Waals surface area contributed by atoms with Crippen molar-refractivity contribution in [2.24, 2.45) is 11.7 Å². The molecule has 7 heteroatoms. The first-order chi connectivity index (χ1) is 8.76. The van der Waals surface area contributed by atoms with Crippen molar-refractivity contribution in [3.8, 4) is 0 Å². The van der Waals surface area contributed by atoms with Crippen molar-refractivity contribution in [3.05, 3.63) is 22.3 Å². The Morgan fingerprint density at radius 1 is 1.47 bits per heavy atom. The molecule has 3 N–H and O–H groups in total. The highest BCUT2D eigenvalue weighted by molar-refractivity contribution is 9.10. The van der Waals surface area contributed by atoms with Gasteiger partial charge in [-0.05, 0) is 47.7 Å². The Kier molecular flexibility index (Phi) is 3.79. The number of aromatic nitrogens is 1. The van der Waals surface area contributed by atoms with E-state index in [9.17, 15) is 13.2 Å². The van der Waals surface area contributed by atoms with E-state index in [0.717, 1.165) is 18.9 Å². The monoisotopic (exact) mass is 337 g/mol. The minimum atomic E-state index is -4.45. The number of nitrogens with one attached hydrogen (secondary N) is 1. The van der Waals surface area contributed by atoms with Crippen molar-refractivity contribution in [1.82, 2.24) is 4.98 Å². The Morgan fingerprint density at radius 2 is 2.11 bits per heavy atom. The molecule has 1 fully saturated rings. The second-order valence-corrected chi connectivity index (χ2v) is 5.98. The Bertz CT molecular complexity index is 474. The maximum Gasteiger partial charge on any atom is 0.419 e. The van der Waals surface area contributed by atoms with Gasteiger partial charge in [0.2, 0.25) is 0 Å². The van der Waals surface area contributed by atoms with Gasteiger partial charge in [-0.3, -0.25) is 0 Å². The Morgan fingerprint density at radius 3 is 2.58 bits per heavy atom. The van der Waals surface area contributed by atoms with Crippen molar-refractivity contribution in [1.29, 1.82) is 0 Å². The topological polar surface area (TPSA) is 50.9 Å². The van der Waals surface area contributed by atoms with Crippen molar-refractivity contribution >= 4 is 21.7 Å². The lowest BCUT2D eigenvalue weighted by molar-refractivity contribution is -0.137. The van der Waals surface area contributed by atoms with Crippen LogP contribution in [0.15, 0.2) is 16.7 Å². The summed E-state index contributed by atoms with van der Waals surface area (Å²) in [5.74, 6) is 0.152. The molecule has 0 aliphatic heterocycles. The molecule has 1 unspecified atom stereocenters. The molecular weight excluding hydrogens is 323 g/mol. The average Bonchev–Trinajstić information content (AvgIpc) is 3.14. The molecule has 1 heterocycles. The number of nitrogens with zero attached hydrogens (tertiary/aromatic N) is 1. The first kappa shape index (κ1) is 14.6. The van der Waals surface area contributed by atoms with E-state index in [1.807, 2.05) is 6.92 Å². The van der Waals surface area contributed by atoms with Gasteiger partial charge in [0.05, 0.1) is 11.1 Å². The van der Waals surface area contributed by atoms with Gasteiger partial charge in [-0.25, -0.2) is 4.98 Å². The molecule has 0 spiro atoms. The zero-order chi connectivity index (χ0) is 14.3. The van der Waals surface area contributed by atoms with Gasteiger partial charge in [0.25, 0.3) is 0 Å². The van der Waals surface area contributed by atoms with Crippen molar-refractivity contribution in [2.75, 3.05) is 11.9 Å². The molecule has 1 atom stereocenters. The van der Waals surface area contributed by atoms with Gasteiger partial charge < -0.3 is 11.1 Å². The van der Waals surface area contributed by atoms with Crippen molar-refractivity contribution in [2.45, 2.75) is 31.5 Å². The van der Waals surface area contributed by atoms with E-state index in [-0.39, 0.29) is 12.4 Å². The molecule has 0 amide bonds. The van der Waals surface area contributed by atoms with Gasteiger partial charge in [0, 0.05) is 17.2 Å². The van der Waals surface area contributed by atoms with E-state index in [0.29, 0.717) is 10.4 Å². The molecule has 0 aromatic carbocycles. The van der Waals surface area contributed by atoms with Gasteiger partial charge in [0.1, 0.15) is 5.82 Å². The maximum absolute atomic E-state index is 13.0. The van der Waals surface area contributed by atoms with Crippen molar-refractivity contribution in [3.63, 3.8) is 0 Å². The van der Waals surface area contributed by atoms with Crippen LogP contribution in [-0.2, 0) is 6.18 Å². The summed E-state index contributed by atoms with van der Waals surface area (Å²) in [5.41, 5.74) is 4.39. The Hall–Kier alpha value is -0.820. The van der Waals surface area contributed by atoms with Crippen LogP contribution in [-0.4, -0.2) is 17.1 Å². The van der Waals surface area contributed by atoms with E-state index >= 15 is 0 Å². The summed E-state index contributed by atoms with van der Waals surface area (Å²) in [6, 6.07) is 1.03. The van der Waals surface area contributed by atoms with Crippen LogP contribution in [0.5, 0.6) is 0 Å². The number of nitrogens with two attached hydrogens (primary N) is 1. The molecule has 0 radical (unpaired) electrons. The van der Waals surface area contributed by atoms with Crippen LogP contribution < -0.4 is 11.1 Å². The number of rotatable bonds is 4. The molecule has 1 aliphatic rings. The third-order valence-electron chi connectivity index (χ3n) is 3.47. The predicted octanol–water partition coefficient (Wildman–Crippen LogP) is 3.40. The molecule has 0 saturated heterocycles. The fraction of sp³-hybridized carbons (Fsp3) is 0.583. The lowest BCUT2D eigenvalue weighted by Crippen LogP contribution is -2.45. The molecule has 3 nitrogen and oxygen atoms in total. The highest BCUT2D eigenvalue weighted by Gasteiger charge is 2.43. The van der Waals surface area contributed by atoms with Crippen LogP contribution >= 0.6 is 15.9 Å². The standard InChI is InChI=1S/C12H15BrF3N3/c1-11(6-17,7-2-3-7)19-10-9(12(14,15)16)4-8(13)5-18-10/h4-5,7H,2-3,6,17H2,1H3,(H,18,19). The number of alkyl halides is 3. The number of hydrogen-bond acceptors (Lipinski definition) is 3. The largest absolute Gasteiger partial charge is 0.419 e. The van der Waals surface area contributed by atoms with Crippen LogP contribution in [0.25, 0.3) is 0 Å². The average molecular weight is 338 g/mol. The summed E-state index contributed by atoms with van der Waals surface area (Å²) < 4.78 is 39.3. The fourth-order valence-corrected chi connectivity index (χ4v) is 2.40. The first-order valence-corrected chi connectivity index (χ1v) is 6.76. The Labute approximate surface area is 117 Å². The molecule has 2 rings (SSSR count). The predicted molar refractivity (Wildman–Crippen MR) is 70.7 cm³/mol. The molecule has 1 aliphatic carbocycles. The zero-order valence-corrected chi connectivity index (χ0v) is 12.0. The summed E-state index contributed by atoms with van der Waals surface area (Å²) in [5, 5.41) is 2.89. The first-order valence-electron chi connectivity index (χ1n) is 5.97. The highest BCUT2D eigenvalue weighted by Crippen LogP contribution is 2.43. The molecule has 106 valence electrons. The summed E-state index contributed by atoms with van der Waals surface area (Å²) in [7, 11) is 0. The number of halogens is 4. The van der Waals surface area contributed by atoms with Gasteiger partial charge >= 0.3 is 6.18 Å². The fourth-order valence-electron chi connectivity index (χ4n) is 2.07. The highest BCUT2D eigenvalue weighted by atomic mass is 79.9. The minimum absolute atomic E-state index is 0.157. The molecule has 1 saturated carbocycles. The van der Waals surface area contributed by atoms with Crippen LogP contribution in [0, 0.1) is 5.92 Å². The van der Waals surface area contributed by atoms with E-state index in [1.165, 1.54) is 6.20 Å². The van der Waals surface area contributed by atoms with Gasteiger partial charge in [-0.15, -0.1) is 0 Å². The number of pyridine rings is 1. The van der Waals surface area contributed by atoms with E-state index in [1.54, 1.807) is 0 Å². The van der Waals surface area contributed by atoms with Crippen LogP contribution in [0.1, 0.15) is 25.3 Å². The van der Waals surface area contributed by atoms with Crippen LogP contribution in [0.2, 0.25) is 0 Å². The van der Waals surface area contributed by atoms with Crippen molar-refractivity contribution < 1.29 is 13.2 Å². The lowest BCUT2D eigenvalue weighted by Gasteiger charge is -2.31. The van der Waals surface area contributed by atoms with E-state index in [2.05, 4.69) is 26.2 Å². The van der Waals surface area contributed by atoms with E-state index in [4.69, 9.17) is 5.73 Å². The second-order valence-electron chi connectivity index (χ2n) is 5.07. The SMILES string of the molecule is CC(CN)(Nc1ncc(Br)cc1C(F)(F)F)C1CC1. The van der Waals surface area contributed by atoms with Gasteiger partial charge in [0.15, 0.2) is 0 Å². The normalized spacial score (nSPS) is 19.1. The third-order valence-corrected chi connectivity index (χ3v) is 3.90. The molecule has 19 heavy (non-hydrogen) atoms. The second kappa shape index (κ2) is 4.94. The molecule has 1 aromatic heterocycles. The van der Waals surface area contributed by atoms with Gasteiger partial charge in [-0.2, -0.15) is 13.2 Å². The summed E-state index contributed by atoms with van der Waals surface area (Å²) in [4.78, 5) is 3.85. The van der Waals surface area contributed by atoms with Crippen LogP contribution in [0.3, 0.4) is 0 Å². The Balaban J connectivity index is 2.34. The summed E-state index contributed by atoms with van der Waals surface area (Å²) in [6.07, 6.45) is -1.13. The third kappa shape index (κ3) is 3.20. The molecular formula is C12H15BrF3N3. The summed E-state index contributed by atoms with van der Waals surface area (Å²) >= 11 is 3.01. The smallest absolute Gasteiger partial charge is 0.363 e. The lowest BCUT2D eigenvalue weighted by atomic mass is 9.95. The minimum Gasteiger partial charge on any atom is -0.363 e. The van der Waals surface area contributed by atoms with E-state index < -0.39 is 17.3 Å². The summed E-state index contributed by atoms with van der Waals surface area (Å²) in [6.45, 7) is 2.11. The zero-order valence-electron chi connectivity index (χ0n) is 10.4. The molecule has 1 aromatic rings. The maximum atomic E-state index is 13.0. The molecule has 0 bridgehead atoms. The number of anilines is 1. The van der Waals surface area contributed by atoms with Crippen LogP contribution in [0.4, 0.5) is 19.0 Å². The quantitative estimate of drug-likeness (QED) is 0.885. The number of hydrogen-bond donors (Lipinski definition) is 2. The van der Waals surface area contributed by atoms with Gasteiger partial charge in [-0.1, -0.05) is 0 Å².